The first-order valence-corrected chi connectivity index (χ1v) is 6.88. The van der Waals surface area contributed by atoms with Crippen LogP contribution in [-0.2, 0) is 0 Å². The fraction of sp³-hybridized carbons (Fsp3) is 0.529. The second-order valence-corrected chi connectivity index (χ2v) is 5.80. The quantitative estimate of drug-likeness (QED) is 0.531. The standard InChI is InChI=1S/C11H14O.C6H16N2.Na/c1-7-5-8(2)11(10(4)12)9(3)6-7;1-7(2)5-6-8(3)4;/h5-6,12H,4H2,1-3H3;5-6H2,1-4H3;/q;;+1/p-1. The van der Waals surface area contributed by atoms with Crippen molar-refractivity contribution >= 4 is 5.76 Å². The predicted molar refractivity (Wildman–Crippen MR) is 86.8 cm³/mol. The number of nitrogens with zero attached hydrogens (tertiary/aromatic N) is 2. The molecule has 0 aliphatic rings. The average molecular weight is 300 g/mol. The second kappa shape index (κ2) is 11.3. The van der Waals surface area contributed by atoms with Crippen molar-refractivity contribution in [3.05, 3.63) is 41.0 Å². The molecule has 3 nitrogen and oxygen atoms in total. The summed E-state index contributed by atoms with van der Waals surface area (Å²) in [4.78, 5) is 4.36. The third-order valence-corrected chi connectivity index (χ3v) is 2.95. The Morgan fingerprint density at radius 2 is 1.29 bits per heavy atom. The molecule has 0 fully saturated rings. The van der Waals surface area contributed by atoms with Gasteiger partial charge in [-0.15, -0.1) is 12.3 Å². The van der Waals surface area contributed by atoms with Crippen LogP contribution in [-0.4, -0.2) is 51.1 Å². The fourth-order valence-corrected chi connectivity index (χ4v) is 2.02. The molecule has 1 rings (SSSR count). The average Bonchev–Trinajstić information content (AvgIpc) is 2.25. The molecule has 0 aromatic heterocycles. The molecule has 1 aromatic rings. The molecule has 0 amide bonds. The topological polar surface area (TPSA) is 29.5 Å². The van der Waals surface area contributed by atoms with Crippen LogP contribution in [0.3, 0.4) is 0 Å². The zero-order chi connectivity index (χ0) is 15.9. The van der Waals surface area contributed by atoms with Gasteiger partial charge in [0.1, 0.15) is 0 Å². The minimum absolute atomic E-state index is 0. The molecule has 0 radical (unpaired) electrons. The van der Waals surface area contributed by atoms with E-state index in [0.29, 0.717) is 0 Å². The maximum atomic E-state index is 11.1. The summed E-state index contributed by atoms with van der Waals surface area (Å²) < 4.78 is 0. The number of hydrogen-bond donors (Lipinski definition) is 0. The van der Waals surface area contributed by atoms with E-state index in [1.54, 1.807) is 0 Å². The Morgan fingerprint density at radius 1 is 0.952 bits per heavy atom. The van der Waals surface area contributed by atoms with E-state index in [2.05, 4.69) is 44.6 Å². The van der Waals surface area contributed by atoms with E-state index < -0.39 is 0 Å². The number of aryl methyl sites for hydroxylation is 3. The SMILES string of the molecule is C=C([O-])c1c(C)cc(C)cc1C.CN(C)CCN(C)C.[Na+]. The smallest absolute Gasteiger partial charge is 0.872 e. The molecule has 0 unspecified atom stereocenters. The molecule has 0 N–H and O–H groups in total. The van der Waals surface area contributed by atoms with Gasteiger partial charge in [-0.1, -0.05) is 17.7 Å². The molecule has 0 saturated heterocycles. The van der Waals surface area contributed by atoms with Crippen LogP contribution in [0.5, 0.6) is 0 Å². The van der Waals surface area contributed by atoms with Crippen molar-refractivity contribution in [3.8, 4) is 0 Å². The van der Waals surface area contributed by atoms with Gasteiger partial charge in [0, 0.05) is 13.1 Å². The van der Waals surface area contributed by atoms with Crippen molar-refractivity contribution < 1.29 is 34.7 Å². The van der Waals surface area contributed by atoms with Crippen LogP contribution < -0.4 is 34.7 Å². The molecule has 0 atom stereocenters. The van der Waals surface area contributed by atoms with Gasteiger partial charge in [0.25, 0.3) is 0 Å². The molecule has 0 aliphatic carbocycles. The first kappa shape index (κ1) is 23.0. The molecule has 0 aliphatic heterocycles. The summed E-state index contributed by atoms with van der Waals surface area (Å²) >= 11 is 0. The first-order valence-electron chi connectivity index (χ1n) is 6.88. The third kappa shape index (κ3) is 10.1. The summed E-state index contributed by atoms with van der Waals surface area (Å²) in [5, 5.41) is 11.1. The molecular weight excluding hydrogens is 271 g/mol. The molecule has 0 spiro atoms. The summed E-state index contributed by atoms with van der Waals surface area (Å²) in [6.45, 7) is 11.6. The maximum Gasteiger partial charge on any atom is 1.00 e. The van der Waals surface area contributed by atoms with Gasteiger partial charge in [0.05, 0.1) is 0 Å². The molecule has 0 heterocycles. The van der Waals surface area contributed by atoms with E-state index in [4.69, 9.17) is 0 Å². The zero-order valence-electron chi connectivity index (χ0n) is 15.1. The van der Waals surface area contributed by atoms with Gasteiger partial charge in [-0.2, -0.15) is 0 Å². The molecule has 4 heteroatoms. The van der Waals surface area contributed by atoms with Crippen molar-refractivity contribution in [2.75, 3.05) is 41.3 Å². The monoisotopic (exact) mass is 300 g/mol. The Morgan fingerprint density at radius 3 is 1.52 bits per heavy atom. The summed E-state index contributed by atoms with van der Waals surface area (Å²) in [7, 11) is 8.35. The number of hydrogen-bond acceptors (Lipinski definition) is 3. The van der Waals surface area contributed by atoms with Gasteiger partial charge >= 0.3 is 29.6 Å². The summed E-state index contributed by atoms with van der Waals surface area (Å²) in [5.74, 6) is -0.0926. The van der Waals surface area contributed by atoms with Crippen LogP contribution in [0.1, 0.15) is 22.3 Å². The largest absolute Gasteiger partial charge is 1.00 e. The van der Waals surface area contributed by atoms with Crippen LogP contribution in [0.15, 0.2) is 18.7 Å². The van der Waals surface area contributed by atoms with Crippen molar-refractivity contribution in [3.63, 3.8) is 0 Å². The zero-order valence-corrected chi connectivity index (χ0v) is 17.1. The van der Waals surface area contributed by atoms with Crippen LogP contribution in [0, 0.1) is 20.8 Å². The molecule has 1 aromatic carbocycles. The summed E-state index contributed by atoms with van der Waals surface area (Å²) in [6, 6.07) is 4.01. The Hall–Kier alpha value is -0.320. The normalized spacial score (nSPS) is 9.95. The number of likely N-dealkylation sites (N-methyl/N-ethyl adjacent to an activating group) is 2. The minimum atomic E-state index is -0.0926. The van der Waals surface area contributed by atoms with Gasteiger partial charge in [0.2, 0.25) is 0 Å². The van der Waals surface area contributed by atoms with E-state index in [9.17, 15) is 5.11 Å². The second-order valence-electron chi connectivity index (χ2n) is 5.80. The predicted octanol–water partition coefficient (Wildman–Crippen LogP) is -0.944. The molecule has 0 saturated carbocycles. The van der Waals surface area contributed by atoms with Crippen LogP contribution in [0.4, 0.5) is 0 Å². The number of benzene rings is 1. The van der Waals surface area contributed by atoms with Gasteiger partial charge in [-0.05, 0) is 65.7 Å². The minimum Gasteiger partial charge on any atom is -0.872 e. The molecule has 114 valence electrons. The fourth-order valence-electron chi connectivity index (χ4n) is 2.02. The van der Waals surface area contributed by atoms with E-state index >= 15 is 0 Å². The van der Waals surface area contributed by atoms with Crippen LogP contribution in [0.2, 0.25) is 0 Å². The van der Waals surface area contributed by atoms with E-state index in [1.807, 2.05) is 32.9 Å². The number of rotatable bonds is 4. The molecule has 0 bridgehead atoms. The van der Waals surface area contributed by atoms with Gasteiger partial charge < -0.3 is 14.9 Å². The van der Waals surface area contributed by atoms with Crippen LogP contribution >= 0.6 is 0 Å². The Balaban J connectivity index is 0. The van der Waals surface area contributed by atoms with Crippen molar-refractivity contribution in [2.24, 2.45) is 0 Å². The van der Waals surface area contributed by atoms with Crippen LogP contribution in [0.25, 0.3) is 5.76 Å². The summed E-state index contributed by atoms with van der Waals surface area (Å²) in [5.41, 5.74) is 4.00. The third-order valence-electron chi connectivity index (χ3n) is 2.95. The Kier molecular flexibility index (Phi) is 12.3. The van der Waals surface area contributed by atoms with E-state index in [-0.39, 0.29) is 35.3 Å². The van der Waals surface area contributed by atoms with Crippen molar-refractivity contribution in [1.29, 1.82) is 0 Å². The first-order chi connectivity index (χ1) is 9.15. The van der Waals surface area contributed by atoms with Gasteiger partial charge in [-0.3, -0.25) is 0 Å². The molecule has 21 heavy (non-hydrogen) atoms. The Labute approximate surface area is 152 Å². The van der Waals surface area contributed by atoms with Crippen molar-refractivity contribution in [1.82, 2.24) is 9.80 Å². The van der Waals surface area contributed by atoms with E-state index in [1.165, 1.54) is 5.56 Å². The van der Waals surface area contributed by atoms with Gasteiger partial charge in [0.15, 0.2) is 0 Å². The maximum absolute atomic E-state index is 11.1. The van der Waals surface area contributed by atoms with E-state index in [0.717, 1.165) is 29.8 Å². The van der Waals surface area contributed by atoms with Gasteiger partial charge in [-0.25, -0.2) is 0 Å². The van der Waals surface area contributed by atoms with Crippen molar-refractivity contribution in [2.45, 2.75) is 20.8 Å². The Bertz CT molecular complexity index is 411. The molecular formula is C17H29N2NaO. The summed E-state index contributed by atoms with van der Waals surface area (Å²) in [6.07, 6.45) is 0.